The first-order chi connectivity index (χ1) is 10.9. The predicted molar refractivity (Wildman–Crippen MR) is 79.1 cm³/mol. The van der Waals surface area contributed by atoms with Crippen molar-refractivity contribution in [2.45, 2.75) is 45.4 Å². The van der Waals surface area contributed by atoms with Crippen molar-refractivity contribution in [3.63, 3.8) is 0 Å². The van der Waals surface area contributed by atoms with Gasteiger partial charge in [-0.15, -0.1) is 0 Å². The van der Waals surface area contributed by atoms with Crippen molar-refractivity contribution in [1.82, 2.24) is 0 Å². The van der Waals surface area contributed by atoms with Gasteiger partial charge in [0.25, 0.3) is 0 Å². The van der Waals surface area contributed by atoms with Gasteiger partial charge in [-0.25, -0.2) is 0 Å². The molecule has 0 unspecified atom stereocenters. The minimum Gasteiger partial charge on any atom is -0.822 e. The molecule has 3 saturated heterocycles. The average molecular weight is 470 g/mol. The molecule has 0 atom stereocenters. The summed E-state index contributed by atoms with van der Waals surface area (Å²) in [6, 6.07) is 1.75. The van der Waals surface area contributed by atoms with Crippen molar-refractivity contribution >= 4 is 7.82 Å². The van der Waals surface area contributed by atoms with Crippen molar-refractivity contribution in [1.29, 1.82) is 5.26 Å². The maximum absolute atomic E-state index is 8.55. The SMILES string of the molecule is C1CCOC1.C1CCOC1.C1CCOC1.CC#N.O=P([O-])([O-])[O-].[K+].[K+].[K+]. The first-order valence-electron chi connectivity index (χ1n) is 7.69. The summed E-state index contributed by atoms with van der Waals surface area (Å²) in [7, 11) is -5.39. The van der Waals surface area contributed by atoms with Crippen LogP contribution in [0.25, 0.3) is 0 Å². The molecule has 0 bridgehead atoms. The van der Waals surface area contributed by atoms with E-state index in [1.807, 2.05) is 0 Å². The Balaban J connectivity index is -0.0000000694. The molecule has 0 spiro atoms. The van der Waals surface area contributed by atoms with Gasteiger partial charge in [-0.1, -0.05) is 0 Å². The topological polar surface area (TPSA) is 138 Å². The molecule has 26 heavy (non-hydrogen) atoms. The third-order valence-electron chi connectivity index (χ3n) is 2.48. The number of phosphoric acid groups is 1. The number of nitrogens with zero attached hydrogens (tertiary/aromatic N) is 1. The van der Waals surface area contributed by atoms with Gasteiger partial charge < -0.3 is 33.5 Å². The molecule has 0 saturated carbocycles. The molecule has 0 N–H and O–H groups in total. The molecule has 3 fully saturated rings. The summed E-state index contributed by atoms with van der Waals surface area (Å²) in [5.74, 6) is 0. The molecule has 3 aliphatic rings. The molecule has 12 heteroatoms. The first-order valence-corrected chi connectivity index (χ1v) is 9.15. The van der Waals surface area contributed by atoms with E-state index < -0.39 is 7.82 Å². The Kier molecular flexibility index (Phi) is 53.3. The second-order valence-corrected chi connectivity index (χ2v) is 5.52. The fourth-order valence-electron chi connectivity index (χ4n) is 1.53. The van der Waals surface area contributed by atoms with Gasteiger partial charge in [0.1, 0.15) is 0 Å². The molecule has 8 nitrogen and oxygen atoms in total. The van der Waals surface area contributed by atoms with E-state index in [0.29, 0.717) is 0 Å². The van der Waals surface area contributed by atoms with E-state index in [-0.39, 0.29) is 154 Å². The second kappa shape index (κ2) is 34.0. The monoisotopic (exact) mass is 469 g/mol. The Bertz CT molecular complexity index is 263. The standard InChI is InChI=1S/3C4H8O.C2H3N.3K.H3O4P/c3*1-2-4-5-3-1;1-2-3;;;;1-5(2,3)4/h3*1-4H2;1H3;;;;(H3,1,2,3,4)/q;;;;3*+1;/p-3. The van der Waals surface area contributed by atoms with E-state index >= 15 is 0 Å². The van der Waals surface area contributed by atoms with Crippen molar-refractivity contribution in [2.75, 3.05) is 39.6 Å². The normalized spacial score (nSPS) is 16.4. The molecule has 0 aromatic heterocycles. The summed E-state index contributed by atoms with van der Waals surface area (Å²) in [6.07, 6.45) is 7.67. The Morgan fingerprint density at radius 1 is 0.692 bits per heavy atom. The summed E-state index contributed by atoms with van der Waals surface area (Å²) in [5.41, 5.74) is 0. The van der Waals surface area contributed by atoms with Gasteiger partial charge in [-0.2, -0.15) is 13.1 Å². The maximum Gasteiger partial charge on any atom is 1.00 e. The Labute approximate surface area is 285 Å². The number of hydrogen-bond donors (Lipinski definition) is 0. The summed E-state index contributed by atoms with van der Waals surface area (Å²) in [4.78, 5) is 25.6. The fourth-order valence-corrected chi connectivity index (χ4v) is 1.53. The Morgan fingerprint density at radius 3 is 0.846 bits per heavy atom. The van der Waals surface area contributed by atoms with Gasteiger partial charge in [0.2, 0.25) is 0 Å². The van der Waals surface area contributed by atoms with Crippen LogP contribution in [0.4, 0.5) is 0 Å². The van der Waals surface area contributed by atoms with Crippen molar-refractivity contribution in [3.8, 4) is 6.07 Å². The molecule has 0 amide bonds. The summed E-state index contributed by atoms with van der Waals surface area (Å²) < 4.78 is 23.4. The quantitative estimate of drug-likeness (QED) is 0.252. The number of rotatable bonds is 0. The van der Waals surface area contributed by atoms with Crippen LogP contribution in [-0.2, 0) is 18.8 Å². The summed E-state index contributed by atoms with van der Waals surface area (Å²) in [5, 5.41) is 7.32. The maximum atomic E-state index is 8.55. The van der Waals surface area contributed by atoms with Gasteiger partial charge in [-0.05, 0) is 38.5 Å². The molecule has 0 aliphatic carbocycles. The van der Waals surface area contributed by atoms with Crippen LogP contribution < -0.4 is 169 Å². The summed E-state index contributed by atoms with van der Waals surface area (Å²) in [6.45, 7) is 7.43. The van der Waals surface area contributed by atoms with Crippen LogP contribution in [0, 0.1) is 11.3 Å². The molecular formula is C14H27K3NO7P. The molecular weight excluding hydrogens is 442 g/mol. The number of nitriles is 1. The van der Waals surface area contributed by atoms with E-state index in [0.717, 1.165) is 39.6 Å². The summed E-state index contributed by atoms with van der Waals surface area (Å²) >= 11 is 0. The molecule has 0 aromatic rings. The number of hydrogen-bond acceptors (Lipinski definition) is 8. The average Bonchev–Trinajstić information content (AvgIpc) is 3.25. The zero-order chi connectivity index (χ0) is 17.8. The molecule has 3 aliphatic heterocycles. The van der Waals surface area contributed by atoms with Crippen LogP contribution in [0.3, 0.4) is 0 Å². The smallest absolute Gasteiger partial charge is 0.822 e. The van der Waals surface area contributed by atoms with Gasteiger partial charge in [-0.3, -0.25) is 0 Å². The van der Waals surface area contributed by atoms with E-state index in [4.69, 9.17) is 38.7 Å². The van der Waals surface area contributed by atoms with Crippen LogP contribution in [0.1, 0.15) is 45.4 Å². The van der Waals surface area contributed by atoms with E-state index in [1.54, 1.807) is 6.07 Å². The largest absolute Gasteiger partial charge is 1.00 e. The van der Waals surface area contributed by atoms with Gasteiger partial charge in [0.05, 0.1) is 6.07 Å². The third-order valence-corrected chi connectivity index (χ3v) is 2.48. The first kappa shape index (κ1) is 40.7. The zero-order valence-corrected chi connectivity index (χ0v) is 27.0. The van der Waals surface area contributed by atoms with Crippen LogP contribution >= 0.6 is 7.82 Å². The second-order valence-electron chi connectivity index (χ2n) is 4.63. The van der Waals surface area contributed by atoms with Gasteiger partial charge in [0, 0.05) is 46.6 Å². The van der Waals surface area contributed by atoms with Crippen LogP contribution in [0.15, 0.2) is 0 Å². The van der Waals surface area contributed by atoms with Crippen LogP contribution in [0.5, 0.6) is 0 Å². The van der Waals surface area contributed by atoms with Crippen molar-refractivity contribution in [2.24, 2.45) is 0 Å². The van der Waals surface area contributed by atoms with Crippen molar-refractivity contribution < 1.29 is 188 Å². The fraction of sp³-hybridized carbons (Fsp3) is 0.929. The van der Waals surface area contributed by atoms with E-state index in [9.17, 15) is 0 Å². The molecule has 138 valence electrons. The molecule has 3 rings (SSSR count). The number of ether oxygens (including phenoxy) is 3. The van der Waals surface area contributed by atoms with Crippen LogP contribution in [0.2, 0.25) is 0 Å². The van der Waals surface area contributed by atoms with Gasteiger partial charge >= 0.3 is 154 Å². The predicted octanol–water partition coefficient (Wildman–Crippen LogP) is -8.89. The third kappa shape index (κ3) is 56.6. The van der Waals surface area contributed by atoms with Gasteiger partial charge in [0.15, 0.2) is 0 Å². The minimum atomic E-state index is -5.39. The Hall–Kier alpha value is 4.39. The van der Waals surface area contributed by atoms with Crippen LogP contribution in [-0.4, -0.2) is 39.6 Å². The minimum absolute atomic E-state index is 0. The molecule has 0 aromatic carbocycles. The molecule has 3 heterocycles. The van der Waals surface area contributed by atoms with E-state index in [1.165, 1.54) is 45.4 Å². The van der Waals surface area contributed by atoms with Crippen molar-refractivity contribution in [3.05, 3.63) is 0 Å². The van der Waals surface area contributed by atoms with E-state index in [2.05, 4.69) is 0 Å². The Morgan fingerprint density at radius 2 is 0.808 bits per heavy atom. The molecule has 0 radical (unpaired) electrons. The zero-order valence-electron chi connectivity index (χ0n) is 16.7.